The minimum absolute atomic E-state index is 0.193. The zero-order chi connectivity index (χ0) is 18.2. The van der Waals surface area contributed by atoms with Crippen molar-refractivity contribution in [3.05, 3.63) is 59.7 Å². The summed E-state index contributed by atoms with van der Waals surface area (Å²) < 4.78 is 0. The average molecular weight is 335 g/mol. The summed E-state index contributed by atoms with van der Waals surface area (Å²) in [6.45, 7) is 1.97. The fourth-order valence-electron chi connectivity index (χ4n) is 2.75. The first-order valence-corrected chi connectivity index (χ1v) is 8.40. The van der Waals surface area contributed by atoms with E-state index in [4.69, 9.17) is 0 Å². The van der Waals surface area contributed by atoms with E-state index in [1.54, 1.807) is 6.07 Å². The molecule has 0 aromatic heterocycles. The van der Waals surface area contributed by atoms with E-state index in [2.05, 4.69) is 6.07 Å². The summed E-state index contributed by atoms with van der Waals surface area (Å²) in [7, 11) is 0. The Labute approximate surface area is 147 Å². The van der Waals surface area contributed by atoms with E-state index in [1.165, 1.54) is 0 Å². The highest BCUT2D eigenvalue weighted by molar-refractivity contribution is 5.98. The number of rotatable bonds is 8. The lowest BCUT2D eigenvalue weighted by molar-refractivity contribution is -0.146. The third-order valence-corrected chi connectivity index (χ3v) is 4.22. The number of nitrogens with zero attached hydrogens (tertiary/aromatic N) is 1. The zero-order valence-corrected chi connectivity index (χ0v) is 14.2. The van der Waals surface area contributed by atoms with Crippen molar-refractivity contribution in [1.82, 2.24) is 0 Å². The predicted octanol–water partition coefficient (Wildman–Crippen LogP) is 4.23. The van der Waals surface area contributed by atoms with Crippen LogP contribution in [-0.2, 0) is 16.0 Å². The number of carboxylic acid groups (broad SMARTS) is 1. The van der Waals surface area contributed by atoms with Crippen molar-refractivity contribution < 1.29 is 14.7 Å². The lowest BCUT2D eigenvalue weighted by atomic mass is 9.91. The largest absolute Gasteiger partial charge is 0.481 e. The van der Waals surface area contributed by atoms with Crippen molar-refractivity contribution in [2.45, 2.75) is 32.6 Å². The number of ketones is 1. The standard InChI is InChI=1S/C21H21NO3/c1-2-3-8-20(23)19(21(24)25)13-15-9-11-16(12-10-15)18-7-5-4-6-17(18)14-22/h4-7,9-12,19H,2-3,8,13H2,1H3,(H,24,25). The fourth-order valence-corrected chi connectivity index (χ4v) is 2.75. The highest BCUT2D eigenvalue weighted by Gasteiger charge is 2.25. The second-order valence-electron chi connectivity index (χ2n) is 6.02. The summed E-state index contributed by atoms with van der Waals surface area (Å²) in [5, 5.41) is 18.5. The molecule has 0 aliphatic rings. The molecule has 0 aliphatic heterocycles. The predicted molar refractivity (Wildman–Crippen MR) is 96.0 cm³/mol. The van der Waals surface area contributed by atoms with Crippen LogP contribution in [0.25, 0.3) is 11.1 Å². The maximum atomic E-state index is 12.1. The van der Waals surface area contributed by atoms with E-state index in [1.807, 2.05) is 49.4 Å². The summed E-state index contributed by atoms with van der Waals surface area (Å²) in [6.07, 6.45) is 2.08. The van der Waals surface area contributed by atoms with Gasteiger partial charge in [-0.05, 0) is 35.6 Å². The number of Topliss-reactive ketones (excluding diaryl/α,β-unsaturated/α-hetero) is 1. The molecule has 128 valence electrons. The van der Waals surface area contributed by atoms with Gasteiger partial charge >= 0.3 is 5.97 Å². The number of nitriles is 1. The maximum absolute atomic E-state index is 12.1. The van der Waals surface area contributed by atoms with Crippen LogP contribution < -0.4 is 0 Å². The molecule has 0 spiro atoms. The van der Waals surface area contributed by atoms with E-state index in [0.29, 0.717) is 18.4 Å². The van der Waals surface area contributed by atoms with Gasteiger partial charge in [0.1, 0.15) is 11.7 Å². The van der Waals surface area contributed by atoms with Crippen LogP contribution in [0.5, 0.6) is 0 Å². The van der Waals surface area contributed by atoms with Gasteiger partial charge < -0.3 is 5.11 Å². The van der Waals surface area contributed by atoms with E-state index < -0.39 is 11.9 Å². The normalized spacial score (nSPS) is 11.5. The Hall–Kier alpha value is -2.93. The average Bonchev–Trinajstić information content (AvgIpc) is 2.64. The molecule has 0 saturated heterocycles. The third kappa shape index (κ3) is 4.77. The monoisotopic (exact) mass is 335 g/mol. The molecule has 1 atom stereocenters. The van der Waals surface area contributed by atoms with Gasteiger partial charge in [-0.3, -0.25) is 9.59 Å². The molecular weight excluding hydrogens is 314 g/mol. The van der Waals surface area contributed by atoms with Gasteiger partial charge in [0, 0.05) is 6.42 Å². The molecular formula is C21H21NO3. The van der Waals surface area contributed by atoms with Crippen LogP contribution >= 0.6 is 0 Å². The van der Waals surface area contributed by atoms with Gasteiger partial charge in [0.25, 0.3) is 0 Å². The van der Waals surface area contributed by atoms with Crippen molar-refractivity contribution >= 4 is 11.8 Å². The van der Waals surface area contributed by atoms with Gasteiger partial charge in [0.15, 0.2) is 0 Å². The minimum Gasteiger partial charge on any atom is -0.481 e. The third-order valence-electron chi connectivity index (χ3n) is 4.22. The SMILES string of the molecule is CCCCC(=O)C(Cc1ccc(-c2ccccc2C#N)cc1)C(=O)O. The highest BCUT2D eigenvalue weighted by atomic mass is 16.4. The molecule has 0 fully saturated rings. The van der Waals surface area contributed by atoms with Crippen molar-refractivity contribution in [2.24, 2.45) is 5.92 Å². The summed E-state index contributed by atoms with van der Waals surface area (Å²) >= 11 is 0. The Bertz CT molecular complexity index is 788. The smallest absolute Gasteiger partial charge is 0.314 e. The van der Waals surface area contributed by atoms with E-state index in [-0.39, 0.29) is 12.2 Å². The molecule has 2 aromatic rings. The molecule has 1 N–H and O–H groups in total. The Morgan fingerprint density at radius 1 is 1.12 bits per heavy atom. The second kappa shape index (κ2) is 8.79. The molecule has 4 nitrogen and oxygen atoms in total. The number of unbranched alkanes of at least 4 members (excludes halogenated alkanes) is 1. The van der Waals surface area contributed by atoms with Crippen LogP contribution in [0.3, 0.4) is 0 Å². The Balaban J connectivity index is 2.17. The van der Waals surface area contributed by atoms with Crippen LogP contribution in [0, 0.1) is 17.2 Å². The molecule has 0 bridgehead atoms. The van der Waals surface area contributed by atoms with Gasteiger partial charge in [0.2, 0.25) is 0 Å². The Morgan fingerprint density at radius 2 is 1.80 bits per heavy atom. The quantitative estimate of drug-likeness (QED) is 0.732. The minimum atomic E-state index is -1.07. The summed E-state index contributed by atoms with van der Waals surface area (Å²) in [6, 6.07) is 16.9. The Kier molecular flexibility index (Phi) is 6.47. The molecule has 2 rings (SSSR count). The molecule has 1 unspecified atom stereocenters. The van der Waals surface area contributed by atoms with Crippen molar-refractivity contribution in [2.75, 3.05) is 0 Å². The first-order chi connectivity index (χ1) is 12.1. The van der Waals surface area contributed by atoms with Crippen molar-refractivity contribution in [1.29, 1.82) is 5.26 Å². The maximum Gasteiger partial charge on any atom is 0.314 e. The molecule has 0 saturated carbocycles. The second-order valence-corrected chi connectivity index (χ2v) is 6.02. The summed E-state index contributed by atoms with van der Waals surface area (Å²) in [4.78, 5) is 23.5. The topological polar surface area (TPSA) is 78.2 Å². The molecule has 0 aliphatic carbocycles. The lowest BCUT2D eigenvalue weighted by Crippen LogP contribution is -2.25. The fraction of sp³-hybridized carbons (Fsp3) is 0.286. The number of carbonyl (C=O) groups excluding carboxylic acids is 1. The van der Waals surface area contributed by atoms with Gasteiger partial charge in [-0.15, -0.1) is 0 Å². The van der Waals surface area contributed by atoms with E-state index in [0.717, 1.165) is 23.1 Å². The first-order valence-electron chi connectivity index (χ1n) is 8.40. The molecule has 25 heavy (non-hydrogen) atoms. The number of carboxylic acids is 1. The van der Waals surface area contributed by atoms with Crippen LogP contribution in [0.15, 0.2) is 48.5 Å². The van der Waals surface area contributed by atoms with Crippen LogP contribution in [0.2, 0.25) is 0 Å². The lowest BCUT2D eigenvalue weighted by Gasteiger charge is -2.12. The van der Waals surface area contributed by atoms with Crippen LogP contribution in [0.1, 0.15) is 37.3 Å². The molecule has 4 heteroatoms. The van der Waals surface area contributed by atoms with Crippen LogP contribution in [0.4, 0.5) is 0 Å². The molecule has 0 radical (unpaired) electrons. The van der Waals surface area contributed by atoms with E-state index in [9.17, 15) is 20.0 Å². The van der Waals surface area contributed by atoms with Gasteiger partial charge in [-0.25, -0.2) is 0 Å². The van der Waals surface area contributed by atoms with Crippen molar-refractivity contribution in [3.63, 3.8) is 0 Å². The zero-order valence-electron chi connectivity index (χ0n) is 14.2. The van der Waals surface area contributed by atoms with Gasteiger partial charge in [0.05, 0.1) is 11.6 Å². The number of aliphatic carboxylic acids is 1. The molecule has 0 heterocycles. The highest BCUT2D eigenvalue weighted by Crippen LogP contribution is 2.24. The number of benzene rings is 2. The first kappa shape index (κ1) is 18.4. The number of hydrogen-bond donors (Lipinski definition) is 1. The Morgan fingerprint density at radius 3 is 2.40 bits per heavy atom. The van der Waals surface area contributed by atoms with Gasteiger partial charge in [-0.2, -0.15) is 5.26 Å². The van der Waals surface area contributed by atoms with Gasteiger partial charge in [-0.1, -0.05) is 55.8 Å². The number of hydrogen-bond acceptors (Lipinski definition) is 3. The van der Waals surface area contributed by atoms with Crippen LogP contribution in [-0.4, -0.2) is 16.9 Å². The summed E-state index contributed by atoms with van der Waals surface area (Å²) in [5.74, 6) is -2.28. The molecule has 2 aromatic carbocycles. The summed E-state index contributed by atoms with van der Waals surface area (Å²) in [5.41, 5.74) is 3.12. The molecule has 0 amide bonds. The van der Waals surface area contributed by atoms with Crippen molar-refractivity contribution in [3.8, 4) is 17.2 Å². The number of carbonyl (C=O) groups is 2. The van der Waals surface area contributed by atoms with E-state index >= 15 is 0 Å².